The van der Waals surface area contributed by atoms with Crippen molar-refractivity contribution in [2.45, 2.75) is 46.2 Å². The van der Waals surface area contributed by atoms with Crippen LogP contribution in [0.15, 0.2) is 0 Å². The zero-order chi connectivity index (χ0) is 22.0. The van der Waals surface area contributed by atoms with Crippen LogP contribution < -0.4 is 0 Å². The average molecular weight is 413 g/mol. The summed E-state index contributed by atoms with van der Waals surface area (Å²) >= 11 is 0. The Hall–Kier alpha value is -0.240. The number of rotatable bonds is 1. The van der Waals surface area contributed by atoms with Gasteiger partial charge in [-0.15, -0.1) is 0 Å². The van der Waals surface area contributed by atoms with Gasteiger partial charge in [-0.3, -0.25) is 9.80 Å². The number of likely N-dealkylation sites (N-methyl/N-ethyl adjacent to an activating group) is 4. The van der Waals surface area contributed by atoms with Crippen LogP contribution in [0.3, 0.4) is 0 Å². The van der Waals surface area contributed by atoms with E-state index in [1.165, 1.54) is 78.5 Å². The van der Waals surface area contributed by atoms with Gasteiger partial charge in [-0.25, -0.2) is 0 Å². The topological polar surface area (TPSA) is 19.4 Å². The van der Waals surface area contributed by atoms with Crippen molar-refractivity contribution in [2.24, 2.45) is 0 Å². The fourth-order valence-electron chi connectivity index (χ4n) is 3.72. The van der Waals surface area contributed by atoms with Gasteiger partial charge in [-0.2, -0.15) is 0 Å². The SMILES string of the molecule is CC(C)N1CCN(C)CCN(C)CC1.CN1CCN(C)CCN(C(C)(C)C)CC1. The molecule has 2 heterocycles. The van der Waals surface area contributed by atoms with Gasteiger partial charge < -0.3 is 19.6 Å². The fraction of sp³-hybridized carbons (Fsp3) is 1.00. The molecule has 0 amide bonds. The van der Waals surface area contributed by atoms with Crippen LogP contribution in [0.4, 0.5) is 0 Å². The maximum atomic E-state index is 2.59. The smallest absolute Gasteiger partial charge is 0.0126 e. The molecule has 0 N–H and O–H groups in total. The van der Waals surface area contributed by atoms with Crippen LogP contribution in [0.25, 0.3) is 0 Å². The first-order chi connectivity index (χ1) is 13.5. The minimum Gasteiger partial charge on any atom is -0.304 e. The minimum absolute atomic E-state index is 0.298. The second kappa shape index (κ2) is 13.2. The standard InChI is InChI=1S/C12H27N3.C11H25N3/c1-12(2,3)15-10-8-13(4)6-7-14(5)9-11-15;1-11(2)14-9-7-12(3)5-6-13(4)8-10-14/h6-11H2,1-5H3;11H,5-10H2,1-4H3. The molecule has 2 aliphatic rings. The molecule has 6 nitrogen and oxygen atoms in total. The molecule has 0 saturated carbocycles. The van der Waals surface area contributed by atoms with Gasteiger partial charge in [0, 0.05) is 90.1 Å². The van der Waals surface area contributed by atoms with Crippen LogP contribution in [0.1, 0.15) is 34.6 Å². The van der Waals surface area contributed by atoms with Gasteiger partial charge in [0.2, 0.25) is 0 Å². The highest BCUT2D eigenvalue weighted by molar-refractivity contribution is 4.79. The Labute approximate surface area is 182 Å². The molecular weight excluding hydrogens is 360 g/mol. The molecule has 0 aromatic heterocycles. The second-order valence-corrected chi connectivity index (χ2v) is 10.5. The summed E-state index contributed by atoms with van der Waals surface area (Å²) in [5.41, 5.74) is 0.298. The lowest BCUT2D eigenvalue weighted by Crippen LogP contribution is -2.46. The van der Waals surface area contributed by atoms with Crippen LogP contribution in [-0.2, 0) is 0 Å². The molecule has 0 atom stereocenters. The van der Waals surface area contributed by atoms with Crippen molar-refractivity contribution in [1.82, 2.24) is 29.4 Å². The van der Waals surface area contributed by atoms with E-state index >= 15 is 0 Å². The number of hydrogen-bond donors (Lipinski definition) is 0. The van der Waals surface area contributed by atoms with Crippen molar-refractivity contribution >= 4 is 0 Å². The van der Waals surface area contributed by atoms with E-state index in [2.05, 4.69) is 92.2 Å². The van der Waals surface area contributed by atoms with Crippen molar-refractivity contribution in [3.05, 3.63) is 0 Å². The molecule has 6 heteroatoms. The highest BCUT2D eigenvalue weighted by Crippen LogP contribution is 2.13. The zero-order valence-corrected chi connectivity index (χ0v) is 21.2. The van der Waals surface area contributed by atoms with E-state index in [1.807, 2.05) is 0 Å². The summed E-state index contributed by atoms with van der Waals surface area (Å²) in [6, 6.07) is 0.676. The van der Waals surface area contributed by atoms with Crippen molar-refractivity contribution in [3.63, 3.8) is 0 Å². The Morgan fingerprint density at radius 3 is 1.03 bits per heavy atom. The fourth-order valence-corrected chi connectivity index (χ4v) is 3.72. The van der Waals surface area contributed by atoms with Crippen molar-refractivity contribution in [2.75, 3.05) is 107 Å². The Balaban J connectivity index is 0.000000291. The summed E-state index contributed by atoms with van der Waals surface area (Å²) in [5.74, 6) is 0. The van der Waals surface area contributed by atoms with E-state index in [9.17, 15) is 0 Å². The van der Waals surface area contributed by atoms with Gasteiger partial charge in [0.15, 0.2) is 0 Å². The molecule has 0 aromatic rings. The molecule has 174 valence electrons. The highest BCUT2D eigenvalue weighted by Gasteiger charge is 2.22. The van der Waals surface area contributed by atoms with E-state index < -0.39 is 0 Å². The minimum atomic E-state index is 0.298. The third-order valence-electron chi connectivity index (χ3n) is 6.45. The van der Waals surface area contributed by atoms with Crippen molar-refractivity contribution < 1.29 is 0 Å². The lowest BCUT2D eigenvalue weighted by atomic mass is 10.1. The molecular formula is C23H52N6. The summed E-state index contributed by atoms with van der Waals surface area (Å²) in [6.07, 6.45) is 0. The molecule has 29 heavy (non-hydrogen) atoms. The molecule has 0 spiro atoms. The van der Waals surface area contributed by atoms with E-state index in [0.29, 0.717) is 11.6 Å². The van der Waals surface area contributed by atoms with Crippen LogP contribution >= 0.6 is 0 Å². The first kappa shape index (κ1) is 26.8. The first-order valence-electron chi connectivity index (χ1n) is 11.7. The summed E-state index contributed by atoms with van der Waals surface area (Å²) < 4.78 is 0. The number of nitrogens with zero attached hydrogens (tertiary/aromatic N) is 6. The van der Waals surface area contributed by atoms with Gasteiger partial charge in [0.05, 0.1) is 0 Å². The predicted octanol–water partition coefficient (Wildman–Crippen LogP) is 1.54. The van der Waals surface area contributed by atoms with E-state index in [-0.39, 0.29) is 0 Å². The predicted molar refractivity (Wildman–Crippen MR) is 128 cm³/mol. The Morgan fingerprint density at radius 2 is 0.759 bits per heavy atom. The van der Waals surface area contributed by atoms with Gasteiger partial charge in [0.25, 0.3) is 0 Å². The van der Waals surface area contributed by atoms with Crippen LogP contribution in [-0.4, -0.2) is 148 Å². The van der Waals surface area contributed by atoms with Gasteiger partial charge in [0.1, 0.15) is 0 Å². The third kappa shape index (κ3) is 11.7. The monoisotopic (exact) mass is 412 g/mol. The molecule has 2 aliphatic heterocycles. The summed E-state index contributed by atoms with van der Waals surface area (Å²) in [6.45, 7) is 25.9. The Kier molecular flexibility index (Phi) is 12.2. The van der Waals surface area contributed by atoms with E-state index in [4.69, 9.17) is 0 Å². The summed E-state index contributed by atoms with van der Waals surface area (Å²) in [7, 11) is 8.88. The molecule has 2 rings (SSSR count). The van der Waals surface area contributed by atoms with Gasteiger partial charge in [-0.1, -0.05) is 0 Å². The molecule has 2 saturated heterocycles. The van der Waals surface area contributed by atoms with E-state index in [1.54, 1.807) is 0 Å². The Morgan fingerprint density at radius 1 is 0.483 bits per heavy atom. The molecule has 2 fully saturated rings. The van der Waals surface area contributed by atoms with Crippen molar-refractivity contribution in [1.29, 1.82) is 0 Å². The molecule has 0 aromatic carbocycles. The lowest BCUT2D eigenvalue weighted by molar-refractivity contribution is 0.121. The zero-order valence-electron chi connectivity index (χ0n) is 21.2. The van der Waals surface area contributed by atoms with Crippen LogP contribution in [0.2, 0.25) is 0 Å². The number of hydrogen-bond acceptors (Lipinski definition) is 6. The summed E-state index contributed by atoms with van der Waals surface area (Å²) in [5, 5.41) is 0. The third-order valence-corrected chi connectivity index (χ3v) is 6.45. The Bertz CT molecular complexity index is 394. The first-order valence-corrected chi connectivity index (χ1v) is 11.7. The van der Waals surface area contributed by atoms with Crippen molar-refractivity contribution in [3.8, 4) is 0 Å². The van der Waals surface area contributed by atoms with Gasteiger partial charge in [-0.05, 0) is 62.8 Å². The van der Waals surface area contributed by atoms with Crippen LogP contribution in [0.5, 0.6) is 0 Å². The molecule has 0 unspecified atom stereocenters. The average Bonchev–Trinajstić information content (AvgIpc) is 2.76. The normalized spacial score (nSPS) is 24.6. The van der Waals surface area contributed by atoms with E-state index in [0.717, 1.165) is 0 Å². The highest BCUT2D eigenvalue weighted by atomic mass is 15.3. The molecule has 0 aliphatic carbocycles. The quantitative estimate of drug-likeness (QED) is 0.646. The lowest BCUT2D eigenvalue weighted by Gasteiger charge is -2.36. The van der Waals surface area contributed by atoms with Gasteiger partial charge >= 0.3 is 0 Å². The largest absolute Gasteiger partial charge is 0.304 e. The molecule has 0 radical (unpaired) electrons. The maximum Gasteiger partial charge on any atom is 0.0126 e. The maximum absolute atomic E-state index is 2.59. The van der Waals surface area contributed by atoms with Crippen LogP contribution in [0, 0.1) is 0 Å². The second-order valence-electron chi connectivity index (χ2n) is 10.5. The molecule has 0 bridgehead atoms. The summed E-state index contributed by atoms with van der Waals surface area (Å²) in [4.78, 5) is 14.9.